The van der Waals surface area contributed by atoms with Gasteiger partial charge in [-0.05, 0) is 27.1 Å². The summed E-state index contributed by atoms with van der Waals surface area (Å²) < 4.78 is 1.83. The van der Waals surface area contributed by atoms with Gasteiger partial charge >= 0.3 is 5.69 Å². The van der Waals surface area contributed by atoms with Crippen LogP contribution in [0.2, 0.25) is 0 Å². The Morgan fingerprint density at radius 1 is 1.53 bits per heavy atom. The van der Waals surface area contributed by atoms with Gasteiger partial charge in [0, 0.05) is 12.7 Å². The van der Waals surface area contributed by atoms with Crippen LogP contribution in [0.15, 0.2) is 21.7 Å². The first kappa shape index (κ1) is 14.2. The molecule has 1 aromatic rings. The summed E-state index contributed by atoms with van der Waals surface area (Å²) in [5, 5.41) is 10.7. The molecule has 0 spiro atoms. The van der Waals surface area contributed by atoms with E-state index in [0.29, 0.717) is 12.3 Å². The number of hydrogen-bond acceptors (Lipinski definition) is 4. The molecule has 0 bridgehead atoms. The van der Waals surface area contributed by atoms with Gasteiger partial charge in [0.15, 0.2) is 0 Å². The quantitative estimate of drug-likeness (QED) is 0.526. The monoisotopic (exact) mass is 320 g/mol. The van der Waals surface area contributed by atoms with Crippen LogP contribution >= 0.6 is 28.6 Å². The van der Waals surface area contributed by atoms with Gasteiger partial charge in [0.1, 0.15) is 0 Å². The summed E-state index contributed by atoms with van der Waals surface area (Å²) in [5.41, 5.74) is -1.13. The molecule has 0 aliphatic carbocycles. The fourth-order valence-corrected chi connectivity index (χ4v) is 1.91. The third-order valence-electron chi connectivity index (χ3n) is 2.25. The third kappa shape index (κ3) is 3.57. The highest BCUT2D eigenvalue weighted by Crippen LogP contribution is 2.21. The molecule has 0 fully saturated rings. The molecule has 0 unspecified atom stereocenters. The fourth-order valence-electron chi connectivity index (χ4n) is 1.35. The first-order valence-corrected chi connectivity index (χ1v) is 6.34. The number of nitro groups is 1. The van der Waals surface area contributed by atoms with Crippen LogP contribution in [0.25, 0.3) is 0 Å². The SMILES string of the molecule is CC(C)(CS)Cn1cc(Br)c(=O)c([N+](=O)[O-])c1. The molecule has 17 heavy (non-hydrogen) atoms. The van der Waals surface area contributed by atoms with Crippen LogP contribution in [-0.4, -0.2) is 15.2 Å². The van der Waals surface area contributed by atoms with E-state index in [1.54, 1.807) is 10.8 Å². The van der Waals surface area contributed by atoms with Gasteiger partial charge in [-0.3, -0.25) is 14.9 Å². The molecule has 0 aliphatic heterocycles. The molecular formula is C10H13BrN2O3S. The topological polar surface area (TPSA) is 65.1 Å². The second kappa shape index (κ2) is 5.22. The zero-order valence-corrected chi connectivity index (χ0v) is 12.0. The number of aromatic nitrogens is 1. The van der Waals surface area contributed by atoms with Crippen LogP contribution < -0.4 is 5.43 Å². The molecular weight excluding hydrogens is 308 g/mol. The Morgan fingerprint density at radius 3 is 2.59 bits per heavy atom. The number of nitrogens with zero attached hydrogens (tertiary/aromatic N) is 2. The van der Waals surface area contributed by atoms with Gasteiger partial charge in [-0.2, -0.15) is 12.6 Å². The molecule has 0 saturated heterocycles. The van der Waals surface area contributed by atoms with Crippen molar-refractivity contribution in [3.05, 3.63) is 37.2 Å². The maximum Gasteiger partial charge on any atom is 0.333 e. The average Bonchev–Trinajstić information content (AvgIpc) is 2.22. The van der Waals surface area contributed by atoms with E-state index >= 15 is 0 Å². The van der Waals surface area contributed by atoms with Crippen LogP contribution in [0.3, 0.4) is 0 Å². The van der Waals surface area contributed by atoms with Crippen molar-refractivity contribution >= 4 is 34.2 Å². The summed E-state index contributed by atoms with van der Waals surface area (Å²) >= 11 is 7.26. The minimum absolute atomic E-state index is 0.106. The lowest BCUT2D eigenvalue weighted by molar-refractivity contribution is -0.386. The van der Waals surface area contributed by atoms with E-state index in [2.05, 4.69) is 28.6 Å². The van der Waals surface area contributed by atoms with E-state index in [-0.39, 0.29) is 9.89 Å². The Labute approximate surface area is 113 Å². The van der Waals surface area contributed by atoms with Gasteiger partial charge < -0.3 is 4.57 Å². The highest BCUT2D eigenvalue weighted by Gasteiger charge is 2.20. The maximum atomic E-state index is 11.5. The summed E-state index contributed by atoms with van der Waals surface area (Å²) in [6.07, 6.45) is 2.82. The highest BCUT2D eigenvalue weighted by molar-refractivity contribution is 9.10. The smallest absolute Gasteiger partial charge is 0.333 e. The molecule has 1 aromatic heterocycles. The van der Waals surface area contributed by atoms with Crippen molar-refractivity contribution < 1.29 is 4.92 Å². The molecule has 0 aliphatic rings. The third-order valence-corrected chi connectivity index (χ3v) is 3.67. The number of hydrogen-bond donors (Lipinski definition) is 1. The van der Waals surface area contributed by atoms with E-state index in [9.17, 15) is 14.9 Å². The lowest BCUT2D eigenvalue weighted by atomic mass is 9.96. The van der Waals surface area contributed by atoms with E-state index < -0.39 is 16.0 Å². The van der Waals surface area contributed by atoms with Gasteiger partial charge in [-0.25, -0.2) is 0 Å². The molecule has 0 radical (unpaired) electrons. The molecule has 0 atom stereocenters. The molecule has 1 heterocycles. The largest absolute Gasteiger partial charge is 0.346 e. The van der Waals surface area contributed by atoms with E-state index in [1.807, 2.05) is 13.8 Å². The van der Waals surface area contributed by atoms with Crippen LogP contribution in [0.4, 0.5) is 5.69 Å². The molecule has 0 N–H and O–H groups in total. The van der Waals surface area contributed by atoms with Crippen molar-refractivity contribution in [3.63, 3.8) is 0 Å². The summed E-state index contributed by atoms with van der Waals surface area (Å²) in [4.78, 5) is 21.5. The summed E-state index contributed by atoms with van der Waals surface area (Å²) in [6, 6.07) is 0. The molecule has 0 saturated carbocycles. The lowest BCUT2D eigenvalue weighted by Crippen LogP contribution is -2.23. The van der Waals surface area contributed by atoms with Crippen LogP contribution in [-0.2, 0) is 6.54 Å². The second-order valence-electron chi connectivity index (χ2n) is 4.57. The fraction of sp³-hybridized carbons (Fsp3) is 0.500. The molecule has 5 nitrogen and oxygen atoms in total. The minimum atomic E-state index is -0.669. The number of thiol groups is 1. The number of pyridine rings is 1. The van der Waals surface area contributed by atoms with E-state index in [1.165, 1.54) is 6.20 Å². The predicted octanol–water partition coefficient (Wildman–Crippen LogP) is 2.48. The van der Waals surface area contributed by atoms with Crippen molar-refractivity contribution in [3.8, 4) is 0 Å². The van der Waals surface area contributed by atoms with Crippen molar-refractivity contribution in [2.24, 2.45) is 5.41 Å². The van der Waals surface area contributed by atoms with Crippen molar-refractivity contribution in [2.75, 3.05) is 5.75 Å². The first-order chi connectivity index (χ1) is 7.76. The van der Waals surface area contributed by atoms with Gasteiger partial charge in [-0.15, -0.1) is 0 Å². The molecule has 7 heteroatoms. The van der Waals surface area contributed by atoms with Crippen molar-refractivity contribution in [2.45, 2.75) is 20.4 Å². The molecule has 0 aromatic carbocycles. The van der Waals surface area contributed by atoms with Crippen molar-refractivity contribution in [1.82, 2.24) is 4.57 Å². The highest BCUT2D eigenvalue weighted by atomic mass is 79.9. The van der Waals surface area contributed by atoms with Crippen LogP contribution in [0.1, 0.15) is 13.8 Å². The first-order valence-electron chi connectivity index (χ1n) is 4.92. The Hall–Kier alpha value is -0.820. The van der Waals surface area contributed by atoms with Gasteiger partial charge in [0.25, 0.3) is 5.43 Å². The van der Waals surface area contributed by atoms with Crippen LogP contribution in [0, 0.1) is 15.5 Å². The number of halogens is 1. The zero-order chi connectivity index (χ0) is 13.2. The lowest BCUT2D eigenvalue weighted by Gasteiger charge is -2.23. The van der Waals surface area contributed by atoms with Crippen molar-refractivity contribution in [1.29, 1.82) is 0 Å². The van der Waals surface area contributed by atoms with Gasteiger partial charge in [0.2, 0.25) is 0 Å². The summed E-state index contributed by atoms with van der Waals surface area (Å²) in [5.74, 6) is 0.643. The van der Waals surface area contributed by atoms with E-state index in [4.69, 9.17) is 0 Å². The standard InChI is InChI=1S/C10H13BrN2O3S/c1-10(2,6-17)5-12-3-7(11)9(14)8(4-12)13(15)16/h3-4,17H,5-6H2,1-2H3. The summed E-state index contributed by atoms with van der Waals surface area (Å²) in [7, 11) is 0. The zero-order valence-electron chi connectivity index (χ0n) is 9.51. The second-order valence-corrected chi connectivity index (χ2v) is 5.74. The number of rotatable bonds is 4. The maximum absolute atomic E-state index is 11.5. The van der Waals surface area contributed by atoms with Gasteiger partial charge in [0.05, 0.1) is 15.6 Å². The Balaban J connectivity index is 3.20. The predicted molar refractivity (Wildman–Crippen MR) is 72.7 cm³/mol. The Bertz CT molecular complexity index is 499. The van der Waals surface area contributed by atoms with Crippen LogP contribution in [0.5, 0.6) is 0 Å². The Kier molecular flexibility index (Phi) is 4.37. The molecule has 1 rings (SSSR count). The average molecular weight is 321 g/mol. The molecule has 94 valence electrons. The molecule has 0 amide bonds. The summed E-state index contributed by atoms with van der Waals surface area (Å²) in [6.45, 7) is 4.55. The van der Waals surface area contributed by atoms with E-state index in [0.717, 1.165) is 0 Å². The normalized spacial score (nSPS) is 11.5. The Morgan fingerprint density at radius 2 is 2.12 bits per heavy atom. The van der Waals surface area contributed by atoms with Gasteiger partial charge in [-0.1, -0.05) is 13.8 Å². The minimum Gasteiger partial charge on any atom is -0.346 e.